The quantitative estimate of drug-likeness (QED) is 0.590. The fourth-order valence-corrected chi connectivity index (χ4v) is 1.64. The van der Waals surface area contributed by atoms with Crippen LogP contribution in [0.4, 0.5) is 8.78 Å². The molecule has 0 aromatic carbocycles. The Balaban J connectivity index is 3.67. The van der Waals surface area contributed by atoms with Gasteiger partial charge in [-0.2, -0.15) is 0 Å². The number of rotatable bonds is 10. The summed E-state index contributed by atoms with van der Waals surface area (Å²) in [6.45, 7) is 7.32. The van der Waals surface area contributed by atoms with E-state index in [9.17, 15) is 8.78 Å². The first-order chi connectivity index (χ1) is 7.60. The summed E-state index contributed by atoms with van der Waals surface area (Å²) in [5.41, 5.74) is 0. The van der Waals surface area contributed by atoms with Crippen LogP contribution in [-0.2, 0) is 4.74 Å². The molecule has 4 heteroatoms. The number of alkyl halides is 2. The van der Waals surface area contributed by atoms with Gasteiger partial charge in [-0.1, -0.05) is 27.2 Å². The Morgan fingerprint density at radius 2 is 1.94 bits per heavy atom. The molecule has 0 amide bonds. The van der Waals surface area contributed by atoms with E-state index in [-0.39, 0.29) is 0 Å². The van der Waals surface area contributed by atoms with E-state index in [1.54, 1.807) is 0 Å². The highest BCUT2D eigenvalue weighted by Crippen LogP contribution is 2.12. The van der Waals surface area contributed by atoms with Gasteiger partial charge in [0.05, 0.1) is 0 Å². The van der Waals surface area contributed by atoms with E-state index < -0.39 is 13.0 Å². The average Bonchev–Trinajstić information content (AvgIpc) is 2.24. The van der Waals surface area contributed by atoms with Crippen molar-refractivity contribution >= 4 is 0 Å². The molecule has 0 spiro atoms. The SMILES string of the molecule is CCNC(CCOCC(F)F)CC(C)CC. The molecule has 0 aliphatic heterocycles. The minimum Gasteiger partial charge on any atom is -0.375 e. The number of halogens is 2. The van der Waals surface area contributed by atoms with Crippen LogP contribution in [-0.4, -0.2) is 32.2 Å². The molecule has 0 fully saturated rings. The van der Waals surface area contributed by atoms with E-state index in [1.165, 1.54) is 0 Å². The van der Waals surface area contributed by atoms with Crippen LogP contribution < -0.4 is 5.32 Å². The van der Waals surface area contributed by atoms with E-state index >= 15 is 0 Å². The van der Waals surface area contributed by atoms with Crippen molar-refractivity contribution in [3.8, 4) is 0 Å². The first-order valence-electron chi connectivity index (χ1n) is 6.19. The molecule has 0 heterocycles. The summed E-state index contributed by atoms with van der Waals surface area (Å²) in [7, 11) is 0. The zero-order chi connectivity index (χ0) is 12.4. The number of hydrogen-bond acceptors (Lipinski definition) is 2. The molecule has 0 saturated heterocycles. The van der Waals surface area contributed by atoms with Crippen LogP contribution in [0.25, 0.3) is 0 Å². The molecule has 16 heavy (non-hydrogen) atoms. The summed E-state index contributed by atoms with van der Waals surface area (Å²) in [5.74, 6) is 0.666. The summed E-state index contributed by atoms with van der Waals surface area (Å²) in [4.78, 5) is 0. The van der Waals surface area contributed by atoms with Crippen LogP contribution in [0.1, 0.15) is 40.0 Å². The van der Waals surface area contributed by atoms with Gasteiger partial charge in [0.2, 0.25) is 0 Å². The second kappa shape index (κ2) is 9.97. The normalized spacial score (nSPS) is 15.4. The second-order valence-corrected chi connectivity index (χ2v) is 4.26. The molecule has 0 aliphatic carbocycles. The number of hydrogen-bond donors (Lipinski definition) is 1. The van der Waals surface area contributed by atoms with Crippen molar-refractivity contribution in [1.82, 2.24) is 5.32 Å². The van der Waals surface area contributed by atoms with Crippen molar-refractivity contribution in [3.63, 3.8) is 0 Å². The van der Waals surface area contributed by atoms with Crippen molar-refractivity contribution in [2.75, 3.05) is 19.8 Å². The van der Waals surface area contributed by atoms with Gasteiger partial charge < -0.3 is 10.1 Å². The molecule has 0 saturated carbocycles. The highest BCUT2D eigenvalue weighted by Gasteiger charge is 2.11. The predicted octanol–water partition coefficient (Wildman–Crippen LogP) is 3.07. The Morgan fingerprint density at radius 1 is 1.25 bits per heavy atom. The fraction of sp³-hybridized carbons (Fsp3) is 1.00. The smallest absolute Gasteiger partial charge is 0.261 e. The second-order valence-electron chi connectivity index (χ2n) is 4.26. The van der Waals surface area contributed by atoms with Gasteiger partial charge in [-0.05, 0) is 25.3 Å². The minimum atomic E-state index is -2.35. The topological polar surface area (TPSA) is 21.3 Å². The van der Waals surface area contributed by atoms with Gasteiger partial charge in [-0.3, -0.25) is 0 Å². The third-order valence-corrected chi connectivity index (χ3v) is 2.73. The lowest BCUT2D eigenvalue weighted by molar-refractivity contribution is 0.0139. The molecule has 2 atom stereocenters. The van der Waals surface area contributed by atoms with Crippen molar-refractivity contribution in [1.29, 1.82) is 0 Å². The molecule has 98 valence electrons. The molecule has 0 aromatic heterocycles. The third-order valence-electron chi connectivity index (χ3n) is 2.73. The van der Waals surface area contributed by atoms with Crippen molar-refractivity contribution < 1.29 is 13.5 Å². The van der Waals surface area contributed by atoms with E-state index in [0.717, 1.165) is 25.8 Å². The van der Waals surface area contributed by atoms with Gasteiger partial charge in [0, 0.05) is 12.6 Å². The largest absolute Gasteiger partial charge is 0.375 e. The molecule has 2 nitrogen and oxygen atoms in total. The van der Waals surface area contributed by atoms with E-state index in [4.69, 9.17) is 4.74 Å². The van der Waals surface area contributed by atoms with Gasteiger partial charge in [-0.25, -0.2) is 8.78 Å². The summed E-state index contributed by atoms with van der Waals surface area (Å²) >= 11 is 0. The van der Waals surface area contributed by atoms with Crippen LogP contribution >= 0.6 is 0 Å². The van der Waals surface area contributed by atoms with Crippen molar-refractivity contribution in [3.05, 3.63) is 0 Å². The Labute approximate surface area is 97.7 Å². The van der Waals surface area contributed by atoms with E-state index in [2.05, 4.69) is 26.1 Å². The Morgan fingerprint density at radius 3 is 2.44 bits per heavy atom. The van der Waals surface area contributed by atoms with E-state index in [0.29, 0.717) is 18.6 Å². The summed E-state index contributed by atoms with van der Waals surface area (Å²) < 4.78 is 28.6. The molecular weight excluding hydrogens is 212 g/mol. The van der Waals surface area contributed by atoms with Crippen LogP contribution in [0.3, 0.4) is 0 Å². The van der Waals surface area contributed by atoms with Gasteiger partial charge in [0.1, 0.15) is 6.61 Å². The lowest BCUT2D eigenvalue weighted by Gasteiger charge is -2.21. The van der Waals surface area contributed by atoms with Crippen LogP contribution in [0.2, 0.25) is 0 Å². The maximum Gasteiger partial charge on any atom is 0.261 e. The average molecular weight is 237 g/mol. The van der Waals surface area contributed by atoms with Crippen molar-refractivity contribution in [2.45, 2.75) is 52.5 Å². The molecule has 0 rings (SSSR count). The summed E-state index contributed by atoms with van der Waals surface area (Å²) in [6, 6.07) is 0.387. The third kappa shape index (κ3) is 9.04. The monoisotopic (exact) mass is 237 g/mol. The highest BCUT2D eigenvalue weighted by molar-refractivity contribution is 4.68. The van der Waals surface area contributed by atoms with E-state index in [1.807, 2.05) is 0 Å². The molecule has 0 radical (unpaired) electrons. The predicted molar refractivity (Wildman–Crippen MR) is 63.0 cm³/mol. The highest BCUT2D eigenvalue weighted by atomic mass is 19.3. The fourth-order valence-electron chi connectivity index (χ4n) is 1.64. The lowest BCUT2D eigenvalue weighted by atomic mass is 9.97. The zero-order valence-electron chi connectivity index (χ0n) is 10.6. The molecule has 2 unspecified atom stereocenters. The Hall–Kier alpha value is -0.220. The maximum atomic E-state index is 11.8. The molecule has 0 aromatic rings. The Bertz CT molecular complexity index is 156. The molecule has 0 aliphatic rings. The standard InChI is InChI=1S/C12H25F2NO/c1-4-10(3)8-11(15-5-2)6-7-16-9-12(13)14/h10-12,15H,4-9H2,1-3H3. The van der Waals surface area contributed by atoms with Gasteiger partial charge in [-0.15, -0.1) is 0 Å². The van der Waals surface area contributed by atoms with Crippen molar-refractivity contribution in [2.24, 2.45) is 5.92 Å². The van der Waals surface area contributed by atoms with Crippen LogP contribution in [0, 0.1) is 5.92 Å². The number of ether oxygens (including phenoxy) is 1. The number of nitrogens with one attached hydrogen (secondary N) is 1. The molecule has 0 bridgehead atoms. The summed E-state index contributed by atoms with van der Waals surface area (Å²) in [5, 5.41) is 3.37. The van der Waals surface area contributed by atoms with Gasteiger partial charge in [0.15, 0.2) is 0 Å². The molecule has 1 N–H and O–H groups in total. The zero-order valence-corrected chi connectivity index (χ0v) is 10.6. The Kier molecular flexibility index (Phi) is 9.83. The van der Waals surface area contributed by atoms with Crippen LogP contribution in [0.5, 0.6) is 0 Å². The molecular formula is C12H25F2NO. The van der Waals surface area contributed by atoms with Gasteiger partial charge in [0.25, 0.3) is 6.43 Å². The van der Waals surface area contributed by atoms with Crippen LogP contribution in [0.15, 0.2) is 0 Å². The van der Waals surface area contributed by atoms with Gasteiger partial charge >= 0.3 is 0 Å². The lowest BCUT2D eigenvalue weighted by Crippen LogP contribution is -2.32. The first kappa shape index (κ1) is 15.8. The summed E-state index contributed by atoms with van der Waals surface area (Å²) in [6.07, 6.45) is 0.694. The maximum absolute atomic E-state index is 11.8. The first-order valence-corrected chi connectivity index (χ1v) is 6.19. The minimum absolute atomic E-state index is 0.387.